The highest BCUT2D eigenvalue weighted by Gasteiger charge is 2.34. The van der Waals surface area contributed by atoms with E-state index in [4.69, 9.17) is 16.3 Å². The maximum Gasteiger partial charge on any atom is 0.249 e. The molecule has 1 N–H and O–H groups in total. The molecule has 1 aromatic carbocycles. The Bertz CT molecular complexity index is 629. The minimum absolute atomic E-state index is 0.0227. The van der Waals surface area contributed by atoms with Crippen molar-refractivity contribution in [3.8, 4) is 0 Å². The van der Waals surface area contributed by atoms with Gasteiger partial charge in [0.15, 0.2) is 0 Å². The lowest BCUT2D eigenvalue weighted by molar-refractivity contribution is -0.131. The Morgan fingerprint density at radius 2 is 1.96 bits per heavy atom. The fourth-order valence-corrected chi connectivity index (χ4v) is 3.79. The number of benzene rings is 1. The average Bonchev–Trinajstić information content (AvgIpc) is 2.95. The summed E-state index contributed by atoms with van der Waals surface area (Å²) in [6.45, 7) is 2.82. The van der Waals surface area contributed by atoms with Crippen LogP contribution in [0.3, 0.4) is 0 Å². The lowest BCUT2D eigenvalue weighted by atomic mass is 9.89. The van der Waals surface area contributed by atoms with Crippen molar-refractivity contribution in [3.63, 3.8) is 0 Å². The Morgan fingerprint density at radius 3 is 2.68 bits per heavy atom. The number of hydrogen-bond donors (Lipinski definition) is 1. The summed E-state index contributed by atoms with van der Waals surface area (Å²) in [5.41, 5.74) is 0.693. The lowest BCUT2D eigenvalue weighted by Gasteiger charge is -2.26. The highest BCUT2D eigenvalue weighted by molar-refractivity contribution is 6.34. The number of hydrogen-bond acceptors (Lipinski definition) is 3. The Morgan fingerprint density at radius 1 is 1.24 bits per heavy atom. The fraction of sp³-hybridized carbons (Fsp3) is 0.579. The zero-order valence-electron chi connectivity index (χ0n) is 14.5. The van der Waals surface area contributed by atoms with Gasteiger partial charge < -0.3 is 15.0 Å². The van der Waals surface area contributed by atoms with E-state index in [9.17, 15) is 9.59 Å². The molecule has 0 radical (unpaired) electrons. The molecule has 136 valence electrons. The van der Waals surface area contributed by atoms with E-state index in [0.29, 0.717) is 23.7 Å². The molecule has 1 atom stereocenters. The number of carbonyl (C=O) groups excluding carboxylic acids is 2. The molecule has 1 aliphatic carbocycles. The third kappa shape index (κ3) is 4.53. The van der Waals surface area contributed by atoms with E-state index in [2.05, 4.69) is 12.2 Å². The van der Waals surface area contributed by atoms with Crippen molar-refractivity contribution in [1.29, 1.82) is 0 Å². The Kier molecular flexibility index (Phi) is 5.97. The molecule has 6 heteroatoms. The highest BCUT2D eigenvalue weighted by atomic mass is 35.5. The molecule has 2 aliphatic rings. The molecule has 0 spiro atoms. The van der Waals surface area contributed by atoms with E-state index < -0.39 is 6.04 Å². The monoisotopic (exact) mass is 364 g/mol. The van der Waals surface area contributed by atoms with E-state index in [0.717, 1.165) is 31.6 Å². The van der Waals surface area contributed by atoms with Crippen molar-refractivity contribution in [2.75, 3.05) is 18.1 Å². The van der Waals surface area contributed by atoms with Gasteiger partial charge in [-0.2, -0.15) is 0 Å². The molecule has 1 saturated heterocycles. The van der Waals surface area contributed by atoms with Crippen LogP contribution in [-0.4, -0.2) is 37.1 Å². The van der Waals surface area contributed by atoms with Crippen LogP contribution in [0.2, 0.25) is 5.02 Å². The first-order valence-corrected chi connectivity index (χ1v) is 9.39. The van der Waals surface area contributed by atoms with Crippen molar-refractivity contribution in [2.24, 2.45) is 5.92 Å². The predicted molar refractivity (Wildman–Crippen MR) is 97.7 cm³/mol. The van der Waals surface area contributed by atoms with Gasteiger partial charge in [-0.1, -0.05) is 30.7 Å². The first-order valence-electron chi connectivity index (χ1n) is 9.01. The van der Waals surface area contributed by atoms with E-state index >= 15 is 0 Å². The fourth-order valence-electron chi connectivity index (χ4n) is 3.55. The third-order valence-electron chi connectivity index (χ3n) is 5.10. The molecule has 1 heterocycles. The second-order valence-corrected chi connectivity index (χ2v) is 7.45. The van der Waals surface area contributed by atoms with Gasteiger partial charge in [-0.15, -0.1) is 0 Å². The molecule has 2 amide bonds. The smallest absolute Gasteiger partial charge is 0.249 e. The quantitative estimate of drug-likeness (QED) is 0.873. The van der Waals surface area contributed by atoms with E-state index in [1.54, 1.807) is 11.0 Å². The number of rotatable bonds is 5. The first-order chi connectivity index (χ1) is 12.0. The number of halogens is 1. The van der Waals surface area contributed by atoms with Crippen LogP contribution in [0.4, 0.5) is 5.69 Å². The molecule has 5 nitrogen and oxygen atoms in total. The van der Waals surface area contributed by atoms with Gasteiger partial charge >= 0.3 is 0 Å². The van der Waals surface area contributed by atoms with Crippen LogP contribution in [0.1, 0.15) is 39.0 Å². The largest absolute Gasteiger partial charge is 0.368 e. The molecule has 2 fully saturated rings. The van der Waals surface area contributed by atoms with Crippen molar-refractivity contribution in [2.45, 2.75) is 51.2 Å². The van der Waals surface area contributed by atoms with Gasteiger partial charge in [0.05, 0.1) is 16.8 Å². The van der Waals surface area contributed by atoms with Crippen molar-refractivity contribution >= 4 is 29.1 Å². The molecule has 1 saturated carbocycles. The number of para-hydroxylation sites is 1. The standard InChI is InChI=1S/C19H25ClN2O3/c1-13-6-8-14(9-7-13)25-12-18(23)21-16-10-11-22(19(16)24)17-5-3-2-4-15(17)20/h2-5,13-14,16H,6-12H2,1H3,(H,21,23). The maximum atomic E-state index is 12.5. The van der Waals surface area contributed by atoms with Gasteiger partial charge in [-0.05, 0) is 50.2 Å². The summed E-state index contributed by atoms with van der Waals surface area (Å²) in [4.78, 5) is 26.3. The summed E-state index contributed by atoms with van der Waals surface area (Å²) in [6, 6.07) is 6.75. The number of nitrogens with one attached hydrogen (secondary N) is 1. The lowest BCUT2D eigenvalue weighted by Crippen LogP contribution is -2.43. The number of amides is 2. The van der Waals surface area contributed by atoms with Gasteiger partial charge in [-0.3, -0.25) is 9.59 Å². The predicted octanol–water partition coefficient (Wildman–Crippen LogP) is 3.16. The minimum Gasteiger partial charge on any atom is -0.368 e. The van der Waals surface area contributed by atoms with E-state index in [1.807, 2.05) is 18.2 Å². The summed E-state index contributed by atoms with van der Waals surface area (Å²) < 4.78 is 5.71. The van der Waals surface area contributed by atoms with Gasteiger partial charge in [0.2, 0.25) is 11.8 Å². The maximum absolute atomic E-state index is 12.5. The van der Waals surface area contributed by atoms with Gasteiger partial charge in [0, 0.05) is 6.54 Å². The SMILES string of the molecule is CC1CCC(OCC(=O)NC2CCN(c3ccccc3Cl)C2=O)CC1. The average molecular weight is 365 g/mol. The Labute approximate surface area is 153 Å². The minimum atomic E-state index is -0.501. The van der Waals surface area contributed by atoms with E-state index in [-0.39, 0.29) is 24.5 Å². The molecule has 0 bridgehead atoms. The van der Waals surface area contributed by atoms with Crippen LogP contribution in [0, 0.1) is 5.92 Å². The molecule has 25 heavy (non-hydrogen) atoms. The molecular formula is C19H25ClN2O3. The normalized spacial score (nSPS) is 26.7. The highest BCUT2D eigenvalue weighted by Crippen LogP contribution is 2.29. The topological polar surface area (TPSA) is 58.6 Å². The van der Waals surface area contributed by atoms with E-state index in [1.165, 1.54) is 0 Å². The zero-order chi connectivity index (χ0) is 17.8. The summed E-state index contributed by atoms with van der Waals surface area (Å²) in [5, 5.41) is 3.34. The first kappa shape index (κ1) is 18.2. The molecule has 1 unspecified atom stereocenters. The molecule has 1 aliphatic heterocycles. The zero-order valence-corrected chi connectivity index (χ0v) is 15.3. The number of carbonyl (C=O) groups is 2. The molecule has 3 rings (SSSR count). The van der Waals surface area contributed by atoms with Crippen LogP contribution in [0.5, 0.6) is 0 Å². The summed E-state index contributed by atoms with van der Waals surface area (Å²) in [5.74, 6) is 0.409. The second-order valence-electron chi connectivity index (χ2n) is 7.04. The van der Waals surface area contributed by atoms with Gasteiger partial charge in [0.1, 0.15) is 12.6 Å². The van der Waals surface area contributed by atoms with Crippen molar-refractivity contribution < 1.29 is 14.3 Å². The van der Waals surface area contributed by atoms with Crippen molar-refractivity contribution in [1.82, 2.24) is 5.32 Å². The van der Waals surface area contributed by atoms with Gasteiger partial charge in [-0.25, -0.2) is 0 Å². The summed E-state index contributed by atoms with van der Waals surface area (Å²) in [6.07, 6.45) is 5.08. The Balaban J connectivity index is 1.48. The van der Waals surface area contributed by atoms with Crippen molar-refractivity contribution in [3.05, 3.63) is 29.3 Å². The van der Waals surface area contributed by atoms with Gasteiger partial charge in [0.25, 0.3) is 0 Å². The summed E-state index contributed by atoms with van der Waals surface area (Å²) >= 11 is 6.17. The molecule has 1 aromatic rings. The Hall–Kier alpha value is -1.59. The third-order valence-corrected chi connectivity index (χ3v) is 5.42. The van der Waals surface area contributed by atoms with Crippen LogP contribution in [-0.2, 0) is 14.3 Å². The van der Waals surface area contributed by atoms with Crippen LogP contribution >= 0.6 is 11.6 Å². The summed E-state index contributed by atoms with van der Waals surface area (Å²) in [7, 11) is 0. The van der Waals surface area contributed by atoms with Crippen LogP contribution in [0.25, 0.3) is 0 Å². The number of nitrogens with zero attached hydrogens (tertiary/aromatic N) is 1. The number of anilines is 1. The van der Waals surface area contributed by atoms with Crippen LogP contribution in [0.15, 0.2) is 24.3 Å². The van der Waals surface area contributed by atoms with Crippen LogP contribution < -0.4 is 10.2 Å². The second kappa shape index (κ2) is 8.19. The number of ether oxygens (including phenoxy) is 1. The molecular weight excluding hydrogens is 340 g/mol. The molecule has 0 aromatic heterocycles.